The van der Waals surface area contributed by atoms with Crippen molar-refractivity contribution in [3.63, 3.8) is 0 Å². The van der Waals surface area contributed by atoms with Gasteiger partial charge in [-0.1, -0.05) is 12.1 Å². The van der Waals surface area contributed by atoms with Crippen molar-refractivity contribution < 1.29 is 52.8 Å². The van der Waals surface area contributed by atoms with Crippen LogP contribution in [0, 0.1) is 0 Å². The van der Waals surface area contributed by atoms with Crippen LogP contribution in [0.2, 0.25) is 0 Å². The van der Waals surface area contributed by atoms with Crippen molar-refractivity contribution in [1.29, 1.82) is 0 Å². The van der Waals surface area contributed by atoms with Crippen molar-refractivity contribution in [3.05, 3.63) is 40.5 Å². The third-order valence-corrected chi connectivity index (χ3v) is 6.44. The summed E-state index contributed by atoms with van der Waals surface area (Å²) < 4.78 is 28.7. The van der Waals surface area contributed by atoms with Gasteiger partial charge in [-0.2, -0.15) is 0 Å². The van der Waals surface area contributed by atoms with E-state index in [1.165, 1.54) is 25.1 Å². The standard InChI is InChI=1S/C24H22O11/c1-9-7-15(31-10(2)25)23(32-11(3)26)24(34-9)19-18(22-14(35-24)8-16(28)33-22)20(29)12-5-4-6-13(27)17(12)21(19)30/h4-6,9,14-15,22-23,27H,7-8H2,1-3H3. The molecule has 4 aliphatic rings. The molecule has 0 bridgehead atoms. The molecule has 2 fully saturated rings. The Hall–Kier alpha value is -3.57. The topological polar surface area (TPSA) is 152 Å². The third-order valence-electron chi connectivity index (χ3n) is 6.44. The highest BCUT2D eigenvalue weighted by Gasteiger charge is 2.66. The fraction of sp³-hybridized carbons (Fsp3) is 0.458. The molecule has 1 aromatic carbocycles. The van der Waals surface area contributed by atoms with Gasteiger partial charge in [0.05, 0.1) is 29.2 Å². The Labute approximate surface area is 198 Å². The van der Waals surface area contributed by atoms with Crippen LogP contribution in [0.3, 0.4) is 0 Å². The summed E-state index contributed by atoms with van der Waals surface area (Å²) in [5, 5.41) is 10.5. The first-order chi connectivity index (χ1) is 16.5. The summed E-state index contributed by atoms with van der Waals surface area (Å²) in [6.07, 6.45) is -5.69. The average molecular weight is 486 g/mol. The number of carbonyl (C=O) groups is 5. The van der Waals surface area contributed by atoms with Gasteiger partial charge in [-0.05, 0) is 13.0 Å². The molecule has 1 aromatic rings. The molecule has 1 N–H and O–H groups in total. The summed E-state index contributed by atoms with van der Waals surface area (Å²) in [4.78, 5) is 63.8. The minimum absolute atomic E-state index is 0.0723. The maximum Gasteiger partial charge on any atom is 0.309 e. The molecule has 3 heterocycles. The second kappa shape index (κ2) is 7.99. The molecule has 0 amide bonds. The molecule has 5 rings (SSSR count). The fourth-order valence-electron chi connectivity index (χ4n) is 5.32. The van der Waals surface area contributed by atoms with Crippen LogP contribution in [0.5, 0.6) is 5.75 Å². The molecule has 11 nitrogen and oxygen atoms in total. The van der Waals surface area contributed by atoms with E-state index in [1.807, 2.05) is 0 Å². The van der Waals surface area contributed by atoms with E-state index in [1.54, 1.807) is 6.92 Å². The molecule has 0 saturated carbocycles. The molecule has 0 radical (unpaired) electrons. The van der Waals surface area contributed by atoms with Gasteiger partial charge in [0.1, 0.15) is 18.0 Å². The molecule has 6 unspecified atom stereocenters. The predicted octanol–water partition coefficient (Wildman–Crippen LogP) is 1.15. The van der Waals surface area contributed by atoms with Crippen molar-refractivity contribution in [2.75, 3.05) is 0 Å². The van der Waals surface area contributed by atoms with Gasteiger partial charge in [0.25, 0.3) is 0 Å². The van der Waals surface area contributed by atoms with Crippen molar-refractivity contribution >= 4 is 29.5 Å². The monoisotopic (exact) mass is 486 g/mol. The van der Waals surface area contributed by atoms with Crippen LogP contribution in [0.4, 0.5) is 0 Å². The van der Waals surface area contributed by atoms with Crippen LogP contribution in [-0.2, 0) is 38.1 Å². The molecule has 1 spiro atoms. The smallest absolute Gasteiger partial charge is 0.309 e. The highest BCUT2D eigenvalue weighted by atomic mass is 16.7. The van der Waals surface area contributed by atoms with Gasteiger partial charge in [-0.25, -0.2) is 0 Å². The minimum atomic E-state index is -2.21. The SMILES string of the molecule is CC(=O)OC1CC(C)OC2(OC3CC(=O)OC3C3=C2C(=O)c2c(O)cccc2C3=O)C1OC(C)=O. The van der Waals surface area contributed by atoms with E-state index in [2.05, 4.69) is 0 Å². The number of rotatable bonds is 2. The Kier molecular flexibility index (Phi) is 5.29. The van der Waals surface area contributed by atoms with Crippen molar-refractivity contribution in [2.45, 2.75) is 69.9 Å². The lowest BCUT2D eigenvalue weighted by Gasteiger charge is -2.52. The number of ether oxygens (including phenoxy) is 5. The maximum absolute atomic E-state index is 13.9. The number of phenols is 1. The number of benzene rings is 1. The van der Waals surface area contributed by atoms with E-state index in [0.717, 1.165) is 6.92 Å². The summed E-state index contributed by atoms with van der Waals surface area (Å²) in [6.45, 7) is 3.93. The lowest BCUT2D eigenvalue weighted by atomic mass is 9.72. The van der Waals surface area contributed by atoms with Crippen LogP contribution in [0.15, 0.2) is 29.3 Å². The molecule has 0 aromatic heterocycles. The van der Waals surface area contributed by atoms with Crippen LogP contribution < -0.4 is 0 Å². The number of ketones is 2. The molecule has 1 aliphatic carbocycles. The first kappa shape index (κ1) is 23.2. The zero-order valence-corrected chi connectivity index (χ0v) is 19.1. The number of hydrogen-bond donors (Lipinski definition) is 1. The Morgan fingerprint density at radius 2 is 1.77 bits per heavy atom. The molecule has 3 aliphatic heterocycles. The number of Topliss-reactive ketones (excluding diaryl/α,β-unsaturated/α-hetero) is 2. The molecule has 11 heteroatoms. The minimum Gasteiger partial charge on any atom is -0.507 e. The number of phenolic OH excluding ortho intramolecular Hbond substituents is 1. The molecule has 2 saturated heterocycles. The highest BCUT2D eigenvalue weighted by molar-refractivity contribution is 6.29. The largest absolute Gasteiger partial charge is 0.507 e. The second-order valence-corrected chi connectivity index (χ2v) is 8.93. The van der Waals surface area contributed by atoms with E-state index in [0.29, 0.717) is 0 Å². The Balaban J connectivity index is 1.78. The molecule has 184 valence electrons. The van der Waals surface area contributed by atoms with Crippen LogP contribution in [-0.4, -0.2) is 70.9 Å². The maximum atomic E-state index is 13.9. The van der Waals surface area contributed by atoms with Crippen LogP contribution in [0.1, 0.15) is 54.3 Å². The third kappa shape index (κ3) is 3.45. The van der Waals surface area contributed by atoms with Gasteiger partial charge in [-0.15, -0.1) is 0 Å². The first-order valence-corrected chi connectivity index (χ1v) is 11.1. The molecule has 6 atom stereocenters. The summed E-state index contributed by atoms with van der Waals surface area (Å²) in [5.74, 6) is -6.25. The van der Waals surface area contributed by atoms with Gasteiger partial charge < -0.3 is 28.8 Å². The van der Waals surface area contributed by atoms with E-state index in [4.69, 9.17) is 23.7 Å². The molecular formula is C24H22O11. The van der Waals surface area contributed by atoms with Crippen molar-refractivity contribution in [3.8, 4) is 5.75 Å². The summed E-state index contributed by atoms with van der Waals surface area (Å²) in [5.41, 5.74) is -0.892. The van der Waals surface area contributed by atoms with Gasteiger partial charge in [0, 0.05) is 25.8 Å². The molecule has 35 heavy (non-hydrogen) atoms. The predicted molar refractivity (Wildman–Crippen MR) is 112 cm³/mol. The number of fused-ring (bicyclic) bond motifs is 4. The first-order valence-electron chi connectivity index (χ1n) is 11.1. The van der Waals surface area contributed by atoms with E-state index >= 15 is 0 Å². The van der Waals surface area contributed by atoms with Gasteiger partial charge in [0.15, 0.2) is 23.8 Å². The summed E-state index contributed by atoms with van der Waals surface area (Å²) in [7, 11) is 0. The van der Waals surface area contributed by atoms with E-state index < -0.39 is 71.5 Å². The highest BCUT2D eigenvalue weighted by Crippen LogP contribution is 2.51. The lowest BCUT2D eigenvalue weighted by molar-refractivity contribution is -0.338. The Morgan fingerprint density at radius 3 is 2.46 bits per heavy atom. The van der Waals surface area contributed by atoms with Gasteiger partial charge in [0.2, 0.25) is 5.79 Å². The Bertz CT molecular complexity index is 1210. The number of esters is 3. The average Bonchev–Trinajstić information content (AvgIpc) is 3.12. The lowest BCUT2D eigenvalue weighted by Crippen LogP contribution is -2.67. The normalized spacial score (nSPS) is 33.6. The van der Waals surface area contributed by atoms with Crippen molar-refractivity contribution in [2.24, 2.45) is 0 Å². The van der Waals surface area contributed by atoms with E-state index in [-0.39, 0.29) is 35.1 Å². The summed E-state index contributed by atoms with van der Waals surface area (Å²) >= 11 is 0. The Morgan fingerprint density at radius 1 is 1.06 bits per heavy atom. The molecular weight excluding hydrogens is 464 g/mol. The van der Waals surface area contributed by atoms with Crippen LogP contribution in [0.25, 0.3) is 0 Å². The number of carbonyl (C=O) groups excluding carboxylic acids is 5. The van der Waals surface area contributed by atoms with Crippen molar-refractivity contribution in [1.82, 2.24) is 0 Å². The van der Waals surface area contributed by atoms with Crippen LogP contribution >= 0.6 is 0 Å². The van der Waals surface area contributed by atoms with Gasteiger partial charge in [-0.3, -0.25) is 24.0 Å². The zero-order valence-electron chi connectivity index (χ0n) is 19.1. The number of aromatic hydroxyl groups is 1. The second-order valence-electron chi connectivity index (χ2n) is 8.93. The zero-order chi connectivity index (χ0) is 25.2. The summed E-state index contributed by atoms with van der Waals surface area (Å²) in [6, 6.07) is 4.04. The number of hydrogen-bond acceptors (Lipinski definition) is 11. The quantitative estimate of drug-likeness (QED) is 0.473. The van der Waals surface area contributed by atoms with Gasteiger partial charge >= 0.3 is 17.9 Å². The van der Waals surface area contributed by atoms with E-state index in [9.17, 15) is 29.1 Å². The fourth-order valence-corrected chi connectivity index (χ4v) is 5.32.